The molecule has 1 aromatic rings. The summed E-state index contributed by atoms with van der Waals surface area (Å²) in [5, 5.41) is 19.9. The molecule has 0 heterocycles. The van der Waals surface area contributed by atoms with E-state index in [0.717, 1.165) is 12.1 Å². The van der Waals surface area contributed by atoms with Crippen molar-refractivity contribution < 1.29 is 29.0 Å². The standard InChI is InChI=1S/C13H14FNO5/c1-6(7(2)12(17)18)11(16)15-8-3-4-10(14)9(5-8)13(19)20/h3-7H,1-2H3,(H,15,16)(H,17,18)(H,19,20). The van der Waals surface area contributed by atoms with Crippen LogP contribution in [-0.2, 0) is 9.59 Å². The normalized spacial score (nSPS) is 13.3. The Morgan fingerprint density at radius 3 is 2.25 bits per heavy atom. The van der Waals surface area contributed by atoms with Crippen molar-refractivity contribution in [1.29, 1.82) is 0 Å². The van der Waals surface area contributed by atoms with E-state index in [1.165, 1.54) is 19.9 Å². The van der Waals surface area contributed by atoms with Crippen LogP contribution in [0.1, 0.15) is 24.2 Å². The summed E-state index contributed by atoms with van der Waals surface area (Å²) in [5.41, 5.74) is -0.472. The predicted octanol–water partition coefficient (Wildman–Crippen LogP) is 1.82. The average molecular weight is 283 g/mol. The molecule has 1 rings (SSSR count). The second-order valence-corrected chi connectivity index (χ2v) is 4.40. The molecule has 6 nitrogen and oxygen atoms in total. The first kappa shape index (κ1) is 15.6. The van der Waals surface area contributed by atoms with Crippen LogP contribution in [0.4, 0.5) is 10.1 Å². The zero-order chi connectivity index (χ0) is 15.4. The summed E-state index contributed by atoms with van der Waals surface area (Å²) in [5.74, 6) is -5.77. The maximum atomic E-state index is 13.2. The summed E-state index contributed by atoms with van der Waals surface area (Å²) < 4.78 is 13.2. The molecule has 0 radical (unpaired) electrons. The van der Waals surface area contributed by atoms with Crippen molar-refractivity contribution in [2.45, 2.75) is 13.8 Å². The van der Waals surface area contributed by atoms with Gasteiger partial charge in [0, 0.05) is 11.6 Å². The minimum atomic E-state index is -1.45. The Bertz CT molecular complexity index is 558. The molecule has 0 aliphatic carbocycles. The smallest absolute Gasteiger partial charge is 0.338 e. The summed E-state index contributed by atoms with van der Waals surface area (Å²) >= 11 is 0. The maximum absolute atomic E-state index is 13.2. The van der Waals surface area contributed by atoms with Gasteiger partial charge >= 0.3 is 11.9 Å². The number of nitrogens with one attached hydrogen (secondary N) is 1. The van der Waals surface area contributed by atoms with Crippen molar-refractivity contribution in [3.63, 3.8) is 0 Å². The summed E-state index contributed by atoms with van der Waals surface area (Å²) in [4.78, 5) is 33.3. The molecular weight excluding hydrogens is 269 g/mol. The van der Waals surface area contributed by atoms with Crippen LogP contribution in [0.25, 0.3) is 0 Å². The number of aromatic carboxylic acids is 1. The Labute approximate surface area is 114 Å². The molecule has 1 aromatic carbocycles. The highest BCUT2D eigenvalue weighted by molar-refractivity contribution is 5.96. The molecule has 20 heavy (non-hydrogen) atoms. The third-order valence-corrected chi connectivity index (χ3v) is 3.02. The van der Waals surface area contributed by atoms with Crippen molar-refractivity contribution >= 4 is 23.5 Å². The van der Waals surface area contributed by atoms with Gasteiger partial charge in [0.2, 0.25) is 5.91 Å². The van der Waals surface area contributed by atoms with Crippen LogP contribution in [0.2, 0.25) is 0 Å². The van der Waals surface area contributed by atoms with Gasteiger partial charge in [-0.3, -0.25) is 9.59 Å². The Morgan fingerprint density at radius 1 is 1.15 bits per heavy atom. The molecule has 0 bridgehead atoms. The molecule has 2 atom stereocenters. The third kappa shape index (κ3) is 3.53. The second-order valence-electron chi connectivity index (χ2n) is 4.40. The molecule has 108 valence electrons. The number of hydrogen-bond acceptors (Lipinski definition) is 3. The number of benzene rings is 1. The molecule has 0 saturated heterocycles. The molecule has 0 aliphatic heterocycles. The van der Waals surface area contributed by atoms with Crippen molar-refractivity contribution in [3.8, 4) is 0 Å². The lowest BCUT2D eigenvalue weighted by Crippen LogP contribution is -2.30. The molecular formula is C13H14FNO5. The molecule has 7 heteroatoms. The van der Waals surface area contributed by atoms with E-state index in [4.69, 9.17) is 10.2 Å². The van der Waals surface area contributed by atoms with Gasteiger partial charge in [-0.25, -0.2) is 9.18 Å². The molecule has 0 aliphatic rings. The summed E-state index contributed by atoms with van der Waals surface area (Å²) in [7, 11) is 0. The number of carboxylic acids is 2. The Hall–Kier alpha value is -2.44. The first-order chi connectivity index (χ1) is 9.23. The van der Waals surface area contributed by atoms with E-state index in [0.29, 0.717) is 0 Å². The minimum Gasteiger partial charge on any atom is -0.481 e. The number of carbonyl (C=O) groups is 3. The van der Waals surface area contributed by atoms with Crippen LogP contribution in [0.15, 0.2) is 18.2 Å². The molecule has 0 spiro atoms. The lowest BCUT2D eigenvalue weighted by Gasteiger charge is -2.16. The van der Waals surface area contributed by atoms with Gasteiger partial charge in [0.15, 0.2) is 0 Å². The minimum absolute atomic E-state index is 0.0956. The van der Waals surface area contributed by atoms with E-state index in [1.807, 2.05) is 0 Å². The SMILES string of the molecule is CC(C(=O)O)C(C)C(=O)Nc1ccc(F)c(C(=O)O)c1. The lowest BCUT2D eigenvalue weighted by molar-refractivity contribution is -0.145. The Balaban J connectivity index is 2.89. The Morgan fingerprint density at radius 2 is 1.75 bits per heavy atom. The third-order valence-electron chi connectivity index (χ3n) is 3.02. The summed E-state index contributed by atoms with van der Waals surface area (Å²) in [6.07, 6.45) is 0. The van der Waals surface area contributed by atoms with Crippen LogP contribution in [0, 0.1) is 17.7 Å². The number of carboxylic acid groups (broad SMARTS) is 2. The van der Waals surface area contributed by atoms with Crippen molar-refractivity contribution in [2.75, 3.05) is 5.32 Å². The fourth-order valence-corrected chi connectivity index (χ4v) is 1.46. The van der Waals surface area contributed by atoms with Crippen LogP contribution in [0.5, 0.6) is 0 Å². The summed E-state index contributed by atoms with van der Waals surface area (Å²) in [6.45, 7) is 2.83. The highest BCUT2D eigenvalue weighted by Gasteiger charge is 2.26. The number of halogens is 1. The van der Waals surface area contributed by atoms with E-state index in [9.17, 15) is 18.8 Å². The number of hydrogen-bond donors (Lipinski definition) is 3. The van der Waals surface area contributed by atoms with Crippen LogP contribution in [0.3, 0.4) is 0 Å². The molecule has 2 unspecified atom stereocenters. The Kier molecular flexibility index (Phi) is 4.79. The highest BCUT2D eigenvalue weighted by atomic mass is 19.1. The number of anilines is 1. The molecule has 1 amide bonds. The van der Waals surface area contributed by atoms with Gasteiger partial charge < -0.3 is 15.5 Å². The monoisotopic (exact) mass is 283 g/mol. The summed E-state index contributed by atoms with van der Waals surface area (Å²) in [6, 6.07) is 3.11. The van der Waals surface area contributed by atoms with E-state index < -0.39 is 41.1 Å². The number of amides is 1. The van der Waals surface area contributed by atoms with E-state index >= 15 is 0 Å². The number of aliphatic carboxylic acids is 1. The van der Waals surface area contributed by atoms with Gasteiger partial charge in [-0.2, -0.15) is 0 Å². The van der Waals surface area contributed by atoms with Crippen molar-refractivity contribution in [1.82, 2.24) is 0 Å². The molecule has 3 N–H and O–H groups in total. The fraction of sp³-hybridized carbons (Fsp3) is 0.308. The highest BCUT2D eigenvalue weighted by Crippen LogP contribution is 2.18. The maximum Gasteiger partial charge on any atom is 0.338 e. The van der Waals surface area contributed by atoms with Gasteiger partial charge in [0.05, 0.1) is 11.5 Å². The first-order valence-electron chi connectivity index (χ1n) is 5.80. The zero-order valence-electron chi connectivity index (χ0n) is 10.9. The quantitative estimate of drug-likeness (QED) is 0.764. The van der Waals surface area contributed by atoms with Gasteiger partial charge in [-0.15, -0.1) is 0 Å². The fourth-order valence-electron chi connectivity index (χ4n) is 1.46. The van der Waals surface area contributed by atoms with Crippen molar-refractivity contribution in [2.24, 2.45) is 11.8 Å². The predicted molar refractivity (Wildman–Crippen MR) is 68.0 cm³/mol. The second kappa shape index (κ2) is 6.14. The van der Waals surface area contributed by atoms with E-state index in [1.54, 1.807) is 0 Å². The molecule has 0 fully saturated rings. The zero-order valence-corrected chi connectivity index (χ0v) is 10.9. The van der Waals surface area contributed by atoms with Crippen LogP contribution in [-0.4, -0.2) is 28.1 Å². The number of carbonyl (C=O) groups excluding carboxylic acids is 1. The van der Waals surface area contributed by atoms with Crippen LogP contribution >= 0.6 is 0 Å². The van der Waals surface area contributed by atoms with Gasteiger partial charge in [-0.05, 0) is 18.2 Å². The first-order valence-corrected chi connectivity index (χ1v) is 5.80. The van der Waals surface area contributed by atoms with E-state index in [2.05, 4.69) is 5.32 Å². The van der Waals surface area contributed by atoms with Gasteiger partial charge in [0.25, 0.3) is 0 Å². The molecule has 0 saturated carbocycles. The van der Waals surface area contributed by atoms with Crippen LogP contribution < -0.4 is 5.32 Å². The largest absolute Gasteiger partial charge is 0.481 e. The molecule has 0 aromatic heterocycles. The lowest BCUT2D eigenvalue weighted by atomic mass is 9.95. The van der Waals surface area contributed by atoms with E-state index in [-0.39, 0.29) is 5.69 Å². The van der Waals surface area contributed by atoms with Crippen molar-refractivity contribution in [3.05, 3.63) is 29.6 Å². The van der Waals surface area contributed by atoms with Gasteiger partial charge in [-0.1, -0.05) is 13.8 Å². The van der Waals surface area contributed by atoms with Gasteiger partial charge in [0.1, 0.15) is 5.82 Å². The average Bonchev–Trinajstić information content (AvgIpc) is 2.38. The number of rotatable bonds is 5. The topological polar surface area (TPSA) is 104 Å².